The molecule has 0 aliphatic rings. The van der Waals surface area contributed by atoms with Crippen LogP contribution in [0.15, 0.2) is 63.9 Å². The molecule has 21 heavy (non-hydrogen) atoms. The van der Waals surface area contributed by atoms with Crippen molar-refractivity contribution in [3.05, 3.63) is 65.2 Å². The number of rotatable bonds is 4. The molecule has 0 bridgehead atoms. The topological polar surface area (TPSA) is 55.7 Å². The number of ether oxygens (including phenoxy) is 1. The molecular formula is C15H14ClNO3S. The Morgan fingerprint density at radius 1 is 1.10 bits per heavy atom. The molecule has 0 spiro atoms. The smallest absolute Gasteiger partial charge is 0.285 e. The van der Waals surface area contributed by atoms with E-state index in [0.717, 1.165) is 0 Å². The van der Waals surface area contributed by atoms with E-state index in [9.17, 15) is 8.42 Å². The number of hydrogen-bond donors (Lipinski definition) is 0. The minimum atomic E-state index is -3.84. The molecule has 0 amide bonds. The number of sulfonamides is 1. The molecular weight excluding hydrogens is 310 g/mol. The van der Waals surface area contributed by atoms with Gasteiger partial charge in [-0.05, 0) is 43.3 Å². The van der Waals surface area contributed by atoms with Crippen LogP contribution in [0.5, 0.6) is 0 Å². The van der Waals surface area contributed by atoms with Crippen molar-refractivity contribution in [1.29, 1.82) is 0 Å². The van der Waals surface area contributed by atoms with E-state index in [-0.39, 0.29) is 10.8 Å². The Kier molecular flexibility index (Phi) is 4.98. The second-order valence-corrected chi connectivity index (χ2v) is 6.17. The summed E-state index contributed by atoms with van der Waals surface area (Å²) < 4.78 is 33.7. The fourth-order valence-corrected chi connectivity index (χ4v) is 2.74. The van der Waals surface area contributed by atoms with Gasteiger partial charge in [0.05, 0.1) is 11.5 Å². The maximum Gasteiger partial charge on any atom is 0.285 e. The molecule has 0 saturated carbocycles. The molecule has 0 aliphatic heterocycles. The zero-order chi connectivity index (χ0) is 15.3. The quantitative estimate of drug-likeness (QED) is 0.639. The molecule has 0 fully saturated rings. The molecule has 0 unspecified atom stereocenters. The molecule has 4 nitrogen and oxygen atoms in total. The molecule has 2 rings (SSSR count). The highest BCUT2D eigenvalue weighted by Crippen LogP contribution is 2.17. The molecule has 0 N–H and O–H groups in total. The molecule has 0 saturated heterocycles. The largest absolute Gasteiger partial charge is 0.477 e. The average Bonchev–Trinajstić information content (AvgIpc) is 2.48. The monoisotopic (exact) mass is 323 g/mol. The zero-order valence-corrected chi connectivity index (χ0v) is 12.9. The Labute approximate surface area is 129 Å². The van der Waals surface area contributed by atoms with Gasteiger partial charge in [-0.1, -0.05) is 29.8 Å². The molecule has 2 aromatic carbocycles. The number of halogens is 1. The Bertz CT molecular complexity index is 725. The van der Waals surface area contributed by atoms with Crippen molar-refractivity contribution in [2.24, 2.45) is 4.40 Å². The molecule has 0 aliphatic carbocycles. The minimum absolute atomic E-state index is 0.0695. The third-order valence-corrected chi connectivity index (χ3v) is 4.14. The van der Waals surface area contributed by atoms with Crippen molar-refractivity contribution < 1.29 is 13.2 Å². The van der Waals surface area contributed by atoms with Crippen molar-refractivity contribution in [2.75, 3.05) is 6.61 Å². The van der Waals surface area contributed by atoms with Crippen LogP contribution >= 0.6 is 11.6 Å². The average molecular weight is 324 g/mol. The van der Waals surface area contributed by atoms with Gasteiger partial charge in [-0.25, -0.2) is 0 Å². The van der Waals surface area contributed by atoms with Crippen molar-refractivity contribution in [2.45, 2.75) is 11.8 Å². The van der Waals surface area contributed by atoms with Gasteiger partial charge in [0.1, 0.15) is 0 Å². The van der Waals surface area contributed by atoms with Gasteiger partial charge in [0.15, 0.2) is 0 Å². The summed E-state index contributed by atoms with van der Waals surface area (Å²) in [6.45, 7) is 2.09. The third kappa shape index (κ3) is 4.06. The van der Waals surface area contributed by atoms with Crippen molar-refractivity contribution in [3.63, 3.8) is 0 Å². The van der Waals surface area contributed by atoms with Gasteiger partial charge in [-0.2, -0.15) is 8.42 Å². The number of nitrogens with zero attached hydrogens (tertiary/aromatic N) is 1. The Hall–Kier alpha value is -1.85. The molecule has 0 atom stereocenters. The highest BCUT2D eigenvalue weighted by Gasteiger charge is 2.16. The van der Waals surface area contributed by atoms with Crippen LogP contribution in [0.3, 0.4) is 0 Å². The fourth-order valence-electron chi connectivity index (χ4n) is 1.65. The van der Waals surface area contributed by atoms with Gasteiger partial charge >= 0.3 is 0 Å². The van der Waals surface area contributed by atoms with E-state index in [2.05, 4.69) is 4.40 Å². The van der Waals surface area contributed by atoms with Gasteiger partial charge < -0.3 is 4.74 Å². The van der Waals surface area contributed by atoms with Gasteiger partial charge in [0.25, 0.3) is 10.0 Å². The van der Waals surface area contributed by atoms with Crippen molar-refractivity contribution >= 4 is 27.5 Å². The summed E-state index contributed by atoms with van der Waals surface area (Å²) in [5, 5.41) is 0.464. The third-order valence-electron chi connectivity index (χ3n) is 2.62. The predicted octanol–water partition coefficient (Wildman–Crippen LogP) is 3.51. The van der Waals surface area contributed by atoms with Crippen molar-refractivity contribution in [3.8, 4) is 0 Å². The predicted molar refractivity (Wildman–Crippen MR) is 83.2 cm³/mol. The Morgan fingerprint density at radius 3 is 2.29 bits per heavy atom. The van der Waals surface area contributed by atoms with Crippen molar-refractivity contribution in [1.82, 2.24) is 0 Å². The first-order valence-corrected chi connectivity index (χ1v) is 8.13. The first-order chi connectivity index (χ1) is 10.0. The summed E-state index contributed by atoms with van der Waals surface area (Å²) in [4.78, 5) is 0.0695. The normalized spacial score (nSPS) is 12.2. The Morgan fingerprint density at radius 2 is 1.71 bits per heavy atom. The maximum atomic E-state index is 12.3. The lowest BCUT2D eigenvalue weighted by Crippen LogP contribution is -2.10. The van der Waals surface area contributed by atoms with Crippen LogP contribution < -0.4 is 0 Å². The molecule has 0 radical (unpaired) electrons. The van der Waals surface area contributed by atoms with E-state index in [1.54, 1.807) is 31.2 Å². The van der Waals surface area contributed by atoms with E-state index >= 15 is 0 Å². The van der Waals surface area contributed by atoms with Gasteiger partial charge in [-0.15, -0.1) is 4.40 Å². The SMILES string of the molecule is CCOC(=NS(=O)(=O)c1ccc(Cl)cc1)c1ccccc1. The van der Waals surface area contributed by atoms with Crippen LogP contribution in [0.2, 0.25) is 5.02 Å². The van der Waals surface area contributed by atoms with E-state index in [1.807, 2.05) is 6.07 Å². The van der Waals surface area contributed by atoms with Gasteiger partial charge in [0, 0.05) is 10.6 Å². The summed E-state index contributed by atoms with van der Waals surface area (Å²) in [6.07, 6.45) is 0. The maximum absolute atomic E-state index is 12.3. The van der Waals surface area contributed by atoms with Gasteiger partial charge in [-0.3, -0.25) is 0 Å². The highest BCUT2D eigenvalue weighted by atomic mass is 35.5. The van der Waals surface area contributed by atoms with E-state index in [4.69, 9.17) is 16.3 Å². The standard InChI is InChI=1S/C15H14ClNO3S/c1-2-20-15(12-6-4-3-5-7-12)17-21(18,19)14-10-8-13(16)9-11-14/h3-11H,2H2,1H3. The summed E-state index contributed by atoms with van der Waals surface area (Å²) in [5.74, 6) is 0.0769. The second kappa shape index (κ2) is 6.74. The zero-order valence-electron chi connectivity index (χ0n) is 11.4. The lowest BCUT2D eigenvalue weighted by Gasteiger charge is -2.07. The first kappa shape index (κ1) is 15.5. The van der Waals surface area contributed by atoms with Crippen LogP contribution in [0.1, 0.15) is 12.5 Å². The summed E-state index contributed by atoms with van der Waals surface area (Å²) in [5.41, 5.74) is 0.608. The lowest BCUT2D eigenvalue weighted by molar-refractivity contribution is 0.329. The summed E-state index contributed by atoms with van der Waals surface area (Å²) in [6, 6.07) is 14.7. The van der Waals surface area contributed by atoms with Crippen LogP contribution in [0.25, 0.3) is 0 Å². The Balaban J connectivity index is 2.44. The molecule has 0 aromatic heterocycles. The number of hydrogen-bond acceptors (Lipinski definition) is 3. The number of benzene rings is 2. The summed E-state index contributed by atoms with van der Waals surface area (Å²) in [7, 11) is -3.84. The van der Waals surface area contributed by atoms with Crippen LogP contribution in [-0.4, -0.2) is 20.9 Å². The van der Waals surface area contributed by atoms with Crippen LogP contribution in [0, 0.1) is 0 Å². The molecule has 6 heteroatoms. The van der Waals surface area contributed by atoms with Gasteiger partial charge in [0.2, 0.25) is 5.90 Å². The second-order valence-electron chi connectivity index (χ2n) is 4.12. The van der Waals surface area contributed by atoms with E-state index < -0.39 is 10.0 Å². The lowest BCUT2D eigenvalue weighted by atomic mass is 10.2. The molecule has 2 aromatic rings. The minimum Gasteiger partial charge on any atom is -0.477 e. The fraction of sp³-hybridized carbons (Fsp3) is 0.133. The highest BCUT2D eigenvalue weighted by molar-refractivity contribution is 7.90. The first-order valence-electron chi connectivity index (χ1n) is 6.31. The van der Waals surface area contributed by atoms with E-state index in [0.29, 0.717) is 17.2 Å². The summed E-state index contributed by atoms with van der Waals surface area (Å²) >= 11 is 5.76. The van der Waals surface area contributed by atoms with Crippen LogP contribution in [0.4, 0.5) is 0 Å². The van der Waals surface area contributed by atoms with E-state index in [1.165, 1.54) is 24.3 Å². The molecule has 0 heterocycles. The molecule has 110 valence electrons. The van der Waals surface area contributed by atoms with Crippen LogP contribution in [-0.2, 0) is 14.8 Å².